The smallest absolute Gasteiger partial charge is 0.260 e. The zero-order valence-electron chi connectivity index (χ0n) is 9.58. The molecule has 2 rings (SSSR count). The first-order valence-electron chi connectivity index (χ1n) is 5.26. The maximum atomic E-state index is 13.3. The number of pyridine rings is 1. The summed E-state index contributed by atoms with van der Waals surface area (Å²) in [7, 11) is 0. The summed E-state index contributed by atoms with van der Waals surface area (Å²) in [5.41, 5.74) is 0.654. The van der Waals surface area contributed by atoms with Crippen molar-refractivity contribution in [1.29, 1.82) is 0 Å². The third-order valence-electron chi connectivity index (χ3n) is 2.42. The molecule has 0 saturated carbocycles. The Hall–Kier alpha value is -2.30. The molecule has 0 aliphatic rings. The lowest BCUT2D eigenvalue weighted by Crippen LogP contribution is -2.14. The number of hydrogen-bond donors (Lipinski definition) is 1. The molecule has 0 radical (unpaired) electrons. The molecule has 1 N–H and O–H groups in total. The lowest BCUT2D eigenvalue weighted by molar-refractivity contribution is 0.102. The van der Waals surface area contributed by atoms with Crippen molar-refractivity contribution in [2.45, 2.75) is 6.92 Å². The molecule has 1 aromatic carbocycles. The van der Waals surface area contributed by atoms with E-state index in [0.717, 1.165) is 0 Å². The Morgan fingerprint density at radius 2 is 2.06 bits per heavy atom. The molecule has 1 heterocycles. The topological polar surface area (TPSA) is 42.0 Å². The summed E-state index contributed by atoms with van der Waals surface area (Å²) >= 11 is 0. The van der Waals surface area contributed by atoms with E-state index in [-0.39, 0.29) is 11.4 Å². The van der Waals surface area contributed by atoms with E-state index in [4.69, 9.17) is 0 Å². The fourth-order valence-corrected chi connectivity index (χ4v) is 1.48. The number of carbonyl (C=O) groups is 1. The van der Waals surface area contributed by atoms with Gasteiger partial charge in [-0.1, -0.05) is 0 Å². The van der Waals surface area contributed by atoms with Crippen LogP contribution in [0.3, 0.4) is 0 Å². The summed E-state index contributed by atoms with van der Waals surface area (Å²) in [4.78, 5) is 15.1. The van der Waals surface area contributed by atoms with Gasteiger partial charge in [0.25, 0.3) is 5.91 Å². The molecular weight excluding hydrogens is 238 g/mol. The number of amides is 1. The first-order valence-corrected chi connectivity index (χ1v) is 5.26. The van der Waals surface area contributed by atoms with Crippen LogP contribution in [-0.4, -0.2) is 10.9 Å². The number of carbonyl (C=O) groups excluding carboxylic acids is 1. The maximum absolute atomic E-state index is 13.3. The highest BCUT2D eigenvalue weighted by Gasteiger charge is 2.12. The van der Waals surface area contributed by atoms with E-state index in [2.05, 4.69) is 10.3 Å². The molecular formula is C13H10F2N2O. The van der Waals surface area contributed by atoms with Crippen LogP contribution in [0.5, 0.6) is 0 Å². The number of rotatable bonds is 2. The lowest BCUT2D eigenvalue weighted by Gasteiger charge is -2.06. The minimum Gasteiger partial charge on any atom is -0.322 e. The second-order valence-electron chi connectivity index (χ2n) is 3.76. The van der Waals surface area contributed by atoms with Crippen molar-refractivity contribution in [3.63, 3.8) is 0 Å². The third-order valence-corrected chi connectivity index (χ3v) is 2.42. The van der Waals surface area contributed by atoms with Crippen LogP contribution in [-0.2, 0) is 0 Å². The van der Waals surface area contributed by atoms with E-state index in [1.807, 2.05) is 0 Å². The zero-order valence-corrected chi connectivity index (χ0v) is 9.58. The molecule has 1 amide bonds. The Morgan fingerprint density at radius 3 is 2.72 bits per heavy atom. The summed E-state index contributed by atoms with van der Waals surface area (Å²) < 4.78 is 26.3. The van der Waals surface area contributed by atoms with Gasteiger partial charge in [-0.25, -0.2) is 9.37 Å². The molecule has 0 saturated heterocycles. The summed E-state index contributed by atoms with van der Waals surface area (Å²) in [5.74, 6) is -1.82. The van der Waals surface area contributed by atoms with Crippen molar-refractivity contribution in [2.75, 3.05) is 5.32 Å². The molecule has 0 fully saturated rings. The Kier molecular flexibility index (Phi) is 3.32. The molecule has 0 bridgehead atoms. The molecule has 0 unspecified atom stereocenters. The highest BCUT2D eigenvalue weighted by Crippen LogP contribution is 2.15. The van der Waals surface area contributed by atoms with Crippen molar-refractivity contribution in [2.24, 2.45) is 0 Å². The number of anilines is 1. The molecule has 1 aromatic heterocycles. The summed E-state index contributed by atoms with van der Waals surface area (Å²) in [5, 5.41) is 2.48. The predicted octanol–water partition coefficient (Wildman–Crippen LogP) is 2.92. The normalized spacial score (nSPS) is 10.2. The molecule has 0 atom stereocenters. The van der Waals surface area contributed by atoms with Gasteiger partial charge in [-0.2, -0.15) is 4.39 Å². The second-order valence-corrected chi connectivity index (χ2v) is 3.76. The van der Waals surface area contributed by atoms with Crippen LogP contribution in [0.1, 0.15) is 15.9 Å². The first kappa shape index (κ1) is 12.2. The number of aromatic nitrogens is 1. The lowest BCUT2D eigenvalue weighted by atomic mass is 10.2. The second kappa shape index (κ2) is 4.91. The minimum absolute atomic E-state index is 0.153. The molecule has 3 nitrogen and oxygen atoms in total. The van der Waals surface area contributed by atoms with Gasteiger partial charge < -0.3 is 5.32 Å². The number of halogens is 2. The van der Waals surface area contributed by atoms with Crippen molar-refractivity contribution >= 4 is 11.6 Å². The average molecular weight is 248 g/mol. The van der Waals surface area contributed by atoms with Gasteiger partial charge in [0.05, 0.1) is 5.56 Å². The molecule has 0 aliphatic heterocycles. The van der Waals surface area contributed by atoms with Gasteiger partial charge in [-0.05, 0) is 42.8 Å². The SMILES string of the molecule is Cc1cc(NC(=O)c2cccnc2F)ccc1F. The van der Waals surface area contributed by atoms with Crippen LogP contribution in [0.4, 0.5) is 14.5 Å². The van der Waals surface area contributed by atoms with Crippen molar-refractivity contribution in [3.05, 3.63) is 59.4 Å². The van der Waals surface area contributed by atoms with Gasteiger partial charge in [0.2, 0.25) is 5.95 Å². The number of nitrogens with one attached hydrogen (secondary N) is 1. The zero-order chi connectivity index (χ0) is 13.1. The fourth-order valence-electron chi connectivity index (χ4n) is 1.48. The predicted molar refractivity (Wildman–Crippen MR) is 63.3 cm³/mol. The van der Waals surface area contributed by atoms with E-state index >= 15 is 0 Å². The number of hydrogen-bond acceptors (Lipinski definition) is 2. The Morgan fingerprint density at radius 1 is 1.28 bits per heavy atom. The first-order chi connectivity index (χ1) is 8.58. The van der Waals surface area contributed by atoms with Gasteiger partial charge in [0.15, 0.2) is 0 Å². The van der Waals surface area contributed by atoms with Crippen molar-refractivity contribution < 1.29 is 13.6 Å². The largest absolute Gasteiger partial charge is 0.322 e. The quantitative estimate of drug-likeness (QED) is 0.830. The van der Waals surface area contributed by atoms with Crippen LogP contribution in [0.2, 0.25) is 0 Å². The molecule has 92 valence electrons. The van der Waals surface area contributed by atoms with E-state index in [9.17, 15) is 13.6 Å². The molecule has 5 heteroatoms. The summed E-state index contributed by atoms with van der Waals surface area (Å²) in [6.07, 6.45) is 1.26. The average Bonchev–Trinajstić information content (AvgIpc) is 2.34. The van der Waals surface area contributed by atoms with E-state index in [1.165, 1.54) is 36.5 Å². The standard InChI is InChI=1S/C13H10F2N2O/c1-8-7-9(4-5-11(8)14)17-13(18)10-3-2-6-16-12(10)15/h2-7H,1H3,(H,17,18). The van der Waals surface area contributed by atoms with Gasteiger partial charge in [-0.3, -0.25) is 4.79 Å². The molecule has 2 aromatic rings. The Balaban J connectivity index is 2.22. The molecule has 0 aliphatic carbocycles. The third kappa shape index (κ3) is 2.51. The van der Waals surface area contributed by atoms with Gasteiger partial charge in [0, 0.05) is 11.9 Å². The highest BCUT2D eigenvalue weighted by molar-refractivity contribution is 6.04. The maximum Gasteiger partial charge on any atom is 0.260 e. The van der Waals surface area contributed by atoms with Gasteiger partial charge in [-0.15, -0.1) is 0 Å². The number of benzene rings is 1. The summed E-state index contributed by atoms with van der Waals surface area (Å²) in [6, 6.07) is 6.92. The minimum atomic E-state index is -0.839. The van der Waals surface area contributed by atoms with Crippen molar-refractivity contribution in [1.82, 2.24) is 4.98 Å². The van der Waals surface area contributed by atoms with Crippen molar-refractivity contribution in [3.8, 4) is 0 Å². The van der Waals surface area contributed by atoms with Crippen LogP contribution >= 0.6 is 0 Å². The monoisotopic (exact) mass is 248 g/mol. The van der Waals surface area contributed by atoms with Crippen LogP contribution in [0.15, 0.2) is 36.5 Å². The number of aryl methyl sites for hydroxylation is 1. The van der Waals surface area contributed by atoms with Crippen LogP contribution in [0, 0.1) is 18.7 Å². The van der Waals surface area contributed by atoms with Gasteiger partial charge >= 0.3 is 0 Å². The molecule has 0 spiro atoms. The molecule has 18 heavy (non-hydrogen) atoms. The van der Waals surface area contributed by atoms with E-state index < -0.39 is 11.9 Å². The van der Waals surface area contributed by atoms with Gasteiger partial charge in [0.1, 0.15) is 5.82 Å². The highest BCUT2D eigenvalue weighted by atomic mass is 19.1. The van der Waals surface area contributed by atoms with E-state index in [0.29, 0.717) is 11.3 Å². The van der Waals surface area contributed by atoms with E-state index in [1.54, 1.807) is 6.92 Å². The Bertz CT molecular complexity index is 599. The fraction of sp³-hybridized carbons (Fsp3) is 0.0769. The van der Waals surface area contributed by atoms with Crippen LogP contribution < -0.4 is 5.32 Å². The Labute approximate surface area is 102 Å². The summed E-state index contributed by atoms with van der Waals surface area (Å²) in [6.45, 7) is 1.58. The van der Waals surface area contributed by atoms with Crippen LogP contribution in [0.25, 0.3) is 0 Å². The number of nitrogens with zero attached hydrogens (tertiary/aromatic N) is 1.